The van der Waals surface area contributed by atoms with Crippen molar-refractivity contribution in [2.45, 2.75) is 31.8 Å². The molecule has 1 amide bonds. The lowest BCUT2D eigenvalue weighted by atomic mass is 9.99. The lowest BCUT2D eigenvalue weighted by Gasteiger charge is -2.35. The normalized spacial score (nSPS) is 20.4. The predicted octanol–water partition coefficient (Wildman–Crippen LogP) is 3.05. The maximum Gasteiger partial charge on any atom is 0.256 e. The van der Waals surface area contributed by atoms with Crippen LogP contribution in [0.4, 0.5) is 11.6 Å². The number of hydrogen-bond acceptors (Lipinski definition) is 5. The second-order valence-electron chi connectivity index (χ2n) is 6.29. The molecule has 2 aromatic heterocycles. The van der Waals surface area contributed by atoms with E-state index in [9.17, 15) is 4.79 Å². The molecule has 6 nitrogen and oxygen atoms in total. The summed E-state index contributed by atoms with van der Waals surface area (Å²) in [6, 6.07) is 9.96. The van der Waals surface area contributed by atoms with Crippen LogP contribution in [0.25, 0.3) is 0 Å². The van der Waals surface area contributed by atoms with E-state index in [4.69, 9.17) is 0 Å². The van der Waals surface area contributed by atoms with Crippen LogP contribution in [0.15, 0.2) is 42.7 Å². The van der Waals surface area contributed by atoms with Crippen LogP contribution in [0, 0.1) is 0 Å². The Hall–Kier alpha value is -2.18. The van der Waals surface area contributed by atoms with Crippen LogP contribution >= 0.6 is 12.4 Å². The van der Waals surface area contributed by atoms with Gasteiger partial charge in [0.2, 0.25) is 0 Å². The summed E-state index contributed by atoms with van der Waals surface area (Å²) in [5.74, 6) is 1.15. The minimum Gasteiger partial charge on any atom is -0.367 e. The van der Waals surface area contributed by atoms with Crippen LogP contribution in [0.1, 0.15) is 30.1 Å². The second kappa shape index (κ2) is 8.78. The van der Waals surface area contributed by atoms with E-state index < -0.39 is 0 Å². The Morgan fingerprint density at radius 2 is 1.92 bits per heavy atom. The first-order valence-corrected chi connectivity index (χ1v) is 8.27. The van der Waals surface area contributed by atoms with Gasteiger partial charge in [0.05, 0.1) is 0 Å². The van der Waals surface area contributed by atoms with Gasteiger partial charge in [-0.1, -0.05) is 6.07 Å². The number of anilines is 2. The van der Waals surface area contributed by atoms with Crippen LogP contribution in [-0.4, -0.2) is 46.5 Å². The van der Waals surface area contributed by atoms with E-state index in [2.05, 4.69) is 39.5 Å². The zero-order valence-electron chi connectivity index (χ0n) is 14.5. The fourth-order valence-corrected chi connectivity index (χ4v) is 2.91. The molecule has 0 aliphatic carbocycles. The van der Waals surface area contributed by atoms with Crippen molar-refractivity contribution in [3.63, 3.8) is 0 Å². The molecule has 0 saturated carbocycles. The van der Waals surface area contributed by atoms with Gasteiger partial charge < -0.3 is 15.5 Å². The maximum atomic E-state index is 12.2. The third-order valence-electron chi connectivity index (χ3n) is 4.49. The van der Waals surface area contributed by atoms with Crippen LogP contribution in [-0.2, 0) is 0 Å². The molecule has 0 radical (unpaired) electrons. The van der Waals surface area contributed by atoms with E-state index in [1.165, 1.54) is 0 Å². The van der Waals surface area contributed by atoms with E-state index in [1.54, 1.807) is 30.6 Å². The lowest BCUT2D eigenvalue weighted by molar-refractivity contribution is 0.102. The number of aromatic nitrogens is 2. The molecule has 1 aliphatic rings. The Kier molecular flexibility index (Phi) is 6.73. The summed E-state index contributed by atoms with van der Waals surface area (Å²) in [5.41, 5.74) is 0.564. The summed E-state index contributed by atoms with van der Waals surface area (Å²) in [6.45, 7) is 3.32. The van der Waals surface area contributed by atoms with Gasteiger partial charge in [0.25, 0.3) is 5.91 Å². The Morgan fingerprint density at radius 3 is 2.64 bits per heavy atom. The molecule has 0 bridgehead atoms. The Bertz CT molecular complexity index is 697. The van der Waals surface area contributed by atoms with E-state index in [-0.39, 0.29) is 18.3 Å². The van der Waals surface area contributed by atoms with E-state index in [1.807, 2.05) is 12.1 Å². The molecule has 0 aromatic carbocycles. The van der Waals surface area contributed by atoms with Crippen molar-refractivity contribution in [3.8, 4) is 0 Å². The summed E-state index contributed by atoms with van der Waals surface area (Å²) in [6.07, 6.45) is 5.38. The SMILES string of the molecule is CC1CC(Nc2cccc(NC(=O)c3ccncc3)n2)CCN1C.Cl. The number of rotatable bonds is 4. The number of pyridine rings is 2. The summed E-state index contributed by atoms with van der Waals surface area (Å²) in [5, 5.41) is 6.31. The quantitative estimate of drug-likeness (QED) is 0.875. The number of halogens is 1. The average Bonchev–Trinajstić information content (AvgIpc) is 2.59. The summed E-state index contributed by atoms with van der Waals surface area (Å²) < 4.78 is 0. The first-order chi connectivity index (χ1) is 11.6. The third-order valence-corrected chi connectivity index (χ3v) is 4.49. The van der Waals surface area contributed by atoms with Gasteiger partial charge in [0.1, 0.15) is 11.6 Å². The fraction of sp³-hybridized carbons (Fsp3) is 0.389. The van der Waals surface area contributed by atoms with Gasteiger partial charge >= 0.3 is 0 Å². The summed E-state index contributed by atoms with van der Waals surface area (Å²) in [7, 11) is 2.16. The molecule has 7 heteroatoms. The topological polar surface area (TPSA) is 70.1 Å². The largest absolute Gasteiger partial charge is 0.367 e. The van der Waals surface area contributed by atoms with E-state index in [0.29, 0.717) is 23.5 Å². The van der Waals surface area contributed by atoms with Crippen molar-refractivity contribution in [1.29, 1.82) is 0 Å². The van der Waals surface area contributed by atoms with E-state index >= 15 is 0 Å². The van der Waals surface area contributed by atoms with Gasteiger partial charge in [-0.15, -0.1) is 12.4 Å². The van der Waals surface area contributed by atoms with Gasteiger partial charge in [-0.05, 0) is 51.1 Å². The van der Waals surface area contributed by atoms with Gasteiger partial charge in [-0.2, -0.15) is 0 Å². The lowest BCUT2D eigenvalue weighted by Crippen LogP contribution is -2.42. The molecule has 2 atom stereocenters. The molecule has 1 fully saturated rings. The Labute approximate surface area is 154 Å². The highest BCUT2D eigenvalue weighted by Gasteiger charge is 2.22. The highest BCUT2D eigenvalue weighted by atomic mass is 35.5. The van der Waals surface area contributed by atoms with Crippen molar-refractivity contribution >= 4 is 29.9 Å². The number of carbonyl (C=O) groups is 1. The molecule has 1 saturated heterocycles. The van der Waals surface area contributed by atoms with Gasteiger partial charge in [-0.3, -0.25) is 9.78 Å². The van der Waals surface area contributed by atoms with Gasteiger partial charge in [0, 0.05) is 36.6 Å². The van der Waals surface area contributed by atoms with Crippen LogP contribution in [0.2, 0.25) is 0 Å². The van der Waals surface area contributed by atoms with Crippen molar-refractivity contribution < 1.29 is 4.79 Å². The number of piperidine rings is 1. The molecular formula is C18H24ClN5O. The molecule has 25 heavy (non-hydrogen) atoms. The molecule has 3 rings (SSSR count). The number of nitrogens with zero attached hydrogens (tertiary/aromatic N) is 3. The van der Waals surface area contributed by atoms with E-state index in [0.717, 1.165) is 25.2 Å². The number of nitrogens with one attached hydrogen (secondary N) is 2. The van der Waals surface area contributed by atoms with Crippen molar-refractivity contribution in [2.24, 2.45) is 0 Å². The number of likely N-dealkylation sites (tertiary alicyclic amines) is 1. The summed E-state index contributed by atoms with van der Waals surface area (Å²) in [4.78, 5) is 23.0. The molecule has 3 heterocycles. The van der Waals surface area contributed by atoms with Crippen molar-refractivity contribution in [3.05, 3.63) is 48.3 Å². The van der Waals surface area contributed by atoms with Gasteiger partial charge in [0.15, 0.2) is 0 Å². The molecule has 2 N–H and O–H groups in total. The average molecular weight is 362 g/mol. The molecular weight excluding hydrogens is 338 g/mol. The summed E-state index contributed by atoms with van der Waals surface area (Å²) >= 11 is 0. The number of hydrogen-bond donors (Lipinski definition) is 2. The molecule has 0 spiro atoms. The smallest absolute Gasteiger partial charge is 0.256 e. The third kappa shape index (κ3) is 5.14. The zero-order chi connectivity index (χ0) is 16.9. The standard InChI is InChI=1S/C18H23N5O.ClH/c1-13-12-15(8-11-23(13)2)20-16-4-3-5-17(21-16)22-18(24)14-6-9-19-10-7-14;/h3-7,9-10,13,15H,8,11-12H2,1-2H3,(H2,20,21,22,24);1H. The van der Waals surface area contributed by atoms with Crippen LogP contribution < -0.4 is 10.6 Å². The molecule has 1 aliphatic heterocycles. The number of carbonyl (C=O) groups excluding carboxylic acids is 1. The number of amides is 1. The fourth-order valence-electron chi connectivity index (χ4n) is 2.91. The van der Waals surface area contributed by atoms with Crippen LogP contribution in [0.5, 0.6) is 0 Å². The van der Waals surface area contributed by atoms with Crippen LogP contribution in [0.3, 0.4) is 0 Å². The second-order valence-corrected chi connectivity index (χ2v) is 6.29. The Morgan fingerprint density at radius 1 is 1.20 bits per heavy atom. The van der Waals surface area contributed by atoms with Crippen molar-refractivity contribution in [2.75, 3.05) is 24.2 Å². The molecule has 134 valence electrons. The van der Waals surface area contributed by atoms with Gasteiger partial charge in [-0.25, -0.2) is 4.98 Å². The Balaban J connectivity index is 0.00000225. The zero-order valence-corrected chi connectivity index (χ0v) is 15.3. The first kappa shape index (κ1) is 19.1. The van der Waals surface area contributed by atoms with Crippen molar-refractivity contribution in [1.82, 2.24) is 14.9 Å². The highest BCUT2D eigenvalue weighted by Crippen LogP contribution is 2.20. The first-order valence-electron chi connectivity index (χ1n) is 8.27. The molecule has 2 unspecified atom stereocenters. The predicted molar refractivity (Wildman–Crippen MR) is 102 cm³/mol. The maximum absolute atomic E-state index is 12.2. The monoisotopic (exact) mass is 361 g/mol. The minimum atomic E-state index is -0.185. The highest BCUT2D eigenvalue weighted by molar-refractivity contribution is 6.03. The molecule has 2 aromatic rings. The minimum absolute atomic E-state index is 0.